The number of halogens is 4. The van der Waals surface area contributed by atoms with Crippen molar-refractivity contribution in [3.05, 3.63) is 29.8 Å². The summed E-state index contributed by atoms with van der Waals surface area (Å²) in [6.45, 7) is 0. The quantitative estimate of drug-likeness (QED) is 0.659. The van der Waals surface area contributed by atoms with E-state index in [0.717, 1.165) is 24.3 Å². The first-order chi connectivity index (χ1) is 8.20. The number of alkyl halides is 4. The summed E-state index contributed by atoms with van der Waals surface area (Å²) in [6, 6.07) is 4.17. The first kappa shape index (κ1) is 14.8. The molecule has 2 unspecified atom stereocenters. The SMILES string of the molecule is O=C(O)C(F)C(O)c1ccc(SC(F)(F)F)cc1. The molecule has 18 heavy (non-hydrogen) atoms. The van der Waals surface area contributed by atoms with E-state index in [1.54, 1.807) is 0 Å². The number of aliphatic hydroxyl groups is 1. The van der Waals surface area contributed by atoms with E-state index in [9.17, 15) is 27.5 Å². The lowest BCUT2D eigenvalue weighted by molar-refractivity contribution is -0.147. The molecule has 0 heterocycles. The highest BCUT2D eigenvalue weighted by Crippen LogP contribution is 2.37. The molecule has 0 amide bonds. The van der Waals surface area contributed by atoms with E-state index in [0.29, 0.717) is 0 Å². The standard InChI is InChI=1S/C10H8F4O3S/c11-7(9(16)17)8(15)5-1-3-6(4-2-5)18-10(12,13)14/h1-4,7-8,15H,(H,16,17). The molecule has 0 aliphatic heterocycles. The molecule has 0 fully saturated rings. The number of benzene rings is 1. The van der Waals surface area contributed by atoms with Crippen LogP contribution < -0.4 is 0 Å². The summed E-state index contributed by atoms with van der Waals surface area (Å²) in [7, 11) is 0. The average Bonchev–Trinajstić information content (AvgIpc) is 2.26. The number of aliphatic hydroxyl groups excluding tert-OH is 1. The van der Waals surface area contributed by atoms with E-state index in [2.05, 4.69) is 0 Å². The number of carbonyl (C=O) groups is 1. The fourth-order valence-electron chi connectivity index (χ4n) is 1.17. The maximum absolute atomic E-state index is 12.9. The molecule has 0 spiro atoms. The van der Waals surface area contributed by atoms with Crippen LogP contribution in [0.4, 0.5) is 17.6 Å². The number of hydrogen-bond donors (Lipinski definition) is 2. The second-order valence-electron chi connectivity index (χ2n) is 3.30. The van der Waals surface area contributed by atoms with Gasteiger partial charge in [-0.1, -0.05) is 12.1 Å². The van der Waals surface area contributed by atoms with E-state index in [4.69, 9.17) is 5.11 Å². The Hall–Kier alpha value is -1.28. The van der Waals surface area contributed by atoms with E-state index in [-0.39, 0.29) is 22.2 Å². The number of hydrogen-bond acceptors (Lipinski definition) is 3. The van der Waals surface area contributed by atoms with Crippen molar-refractivity contribution in [3.63, 3.8) is 0 Å². The van der Waals surface area contributed by atoms with Crippen LogP contribution in [0, 0.1) is 0 Å². The smallest absolute Gasteiger partial charge is 0.446 e. The predicted octanol–water partition coefficient (Wildman–Crippen LogP) is 2.75. The van der Waals surface area contributed by atoms with Crippen molar-refractivity contribution in [2.75, 3.05) is 0 Å². The second kappa shape index (κ2) is 5.57. The Morgan fingerprint density at radius 3 is 2.11 bits per heavy atom. The minimum absolute atomic E-state index is 0.101. The maximum Gasteiger partial charge on any atom is 0.446 e. The first-order valence-electron chi connectivity index (χ1n) is 4.61. The summed E-state index contributed by atoms with van der Waals surface area (Å²) in [5, 5.41) is 17.6. The lowest BCUT2D eigenvalue weighted by atomic mass is 10.1. The molecular formula is C10H8F4O3S. The molecule has 0 aliphatic carbocycles. The Morgan fingerprint density at radius 2 is 1.72 bits per heavy atom. The minimum Gasteiger partial charge on any atom is -0.479 e. The van der Waals surface area contributed by atoms with Gasteiger partial charge in [-0.15, -0.1) is 0 Å². The molecule has 0 saturated carbocycles. The third kappa shape index (κ3) is 4.19. The molecule has 100 valence electrons. The van der Waals surface area contributed by atoms with Crippen molar-refractivity contribution in [1.82, 2.24) is 0 Å². The normalized spacial score (nSPS) is 15.2. The van der Waals surface area contributed by atoms with Crippen molar-refractivity contribution in [2.24, 2.45) is 0 Å². The Labute approximate surface area is 103 Å². The molecule has 0 radical (unpaired) electrons. The van der Waals surface area contributed by atoms with E-state index < -0.39 is 23.8 Å². The van der Waals surface area contributed by atoms with Gasteiger partial charge in [-0.05, 0) is 29.5 Å². The zero-order valence-electron chi connectivity index (χ0n) is 8.69. The highest BCUT2D eigenvalue weighted by atomic mass is 32.2. The lowest BCUT2D eigenvalue weighted by Gasteiger charge is -2.13. The summed E-state index contributed by atoms with van der Waals surface area (Å²) < 4.78 is 49.0. The van der Waals surface area contributed by atoms with Gasteiger partial charge in [-0.2, -0.15) is 13.2 Å². The number of carboxylic acid groups (broad SMARTS) is 1. The third-order valence-electron chi connectivity index (χ3n) is 1.97. The van der Waals surface area contributed by atoms with Gasteiger partial charge in [0.2, 0.25) is 6.17 Å². The summed E-state index contributed by atoms with van der Waals surface area (Å²) in [4.78, 5) is 10.1. The highest BCUT2D eigenvalue weighted by molar-refractivity contribution is 8.00. The van der Waals surface area contributed by atoms with Gasteiger partial charge < -0.3 is 10.2 Å². The van der Waals surface area contributed by atoms with Crippen molar-refractivity contribution < 1.29 is 32.6 Å². The topological polar surface area (TPSA) is 57.5 Å². The van der Waals surface area contributed by atoms with E-state index >= 15 is 0 Å². The predicted molar refractivity (Wildman–Crippen MR) is 55.8 cm³/mol. The van der Waals surface area contributed by atoms with Gasteiger partial charge in [0.1, 0.15) is 6.10 Å². The molecule has 0 bridgehead atoms. The highest BCUT2D eigenvalue weighted by Gasteiger charge is 2.30. The van der Waals surface area contributed by atoms with Crippen LogP contribution in [-0.4, -0.2) is 27.9 Å². The molecule has 3 nitrogen and oxygen atoms in total. The fraction of sp³-hybridized carbons (Fsp3) is 0.300. The van der Waals surface area contributed by atoms with Gasteiger partial charge in [0, 0.05) is 4.90 Å². The number of rotatable bonds is 4. The summed E-state index contributed by atoms with van der Waals surface area (Å²) in [5.41, 5.74) is -4.54. The average molecular weight is 284 g/mol. The molecule has 1 rings (SSSR count). The molecular weight excluding hydrogens is 276 g/mol. The second-order valence-corrected chi connectivity index (χ2v) is 4.44. The van der Waals surface area contributed by atoms with Crippen molar-refractivity contribution in [1.29, 1.82) is 0 Å². The zero-order chi connectivity index (χ0) is 13.9. The lowest BCUT2D eigenvalue weighted by Crippen LogP contribution is -2.23. The molecule has 2 atom stereocenters. The first-order valence-corrected chi connectivity index (χ1v) is 5.43. The van der Waals surface area contributed by atoms with Gasteiger partial charge >= 0.3 is 11.5 Å². The van der Waals surface area contributed by atoms with Crippen LogP contribution >= 0.6 is 11.8 Å². The van der Waals surface area contributed by atoms with E-state index in [1.807, 2.05) is 0 Å². The van der Waals surface area contributed by atoms with Crippen LogP contribution in [0.5, 0.6) is 0 Å². The Kier molecular flexibility index (Phi) is 4.58. The largest absolute Gasteiger partial charge is 0.479 e. The summed E-state index contributed by atoms with van der Waals surface area (Å²) in [5.74, 6) is -1.84. The Bertz CT molecular complexity index is 418. The number of carboxylic acids is 1. The summed E-state index contributed by atoms with van der Waals surface area (Å²) >= 11 is -0.356. The molecule has 0 aromatic heterocycles. The van der Waals surface area contributed by atoms with Crippen LogP contribution in [-0.2, 0) is 4.79 Å². The molecule has 0 aliphatic rings. The van der Waals surface area contributed by atoms with Crippen LogP contribution in [0.3, 0.4) is 0 Å². The summed E-state index contributed by atoms with van der Waals surface area (Å²) in [6.07, 6.45) is -4.43. The third-order valence-corrected chi connectivity index (χ3v) is 2.71. The fourth-order valence-corrected chi connectivity index (χ4v) is 1.71. The van der Waals surface area contributed by atoms with E-state index in [1.165, 1.54) is 0 Å². The monoisotopic (exact) mass is 284 g/mol. The van der Waals surface area contributed by atoms with Gasteiger partial charge in [0.15, 0.2) is 0 Å². The van der Waals surface area contributed by atoms with Gasteiger partial charge in [0.05, 0.1) is 0 Å². The van der Waals surface area contributed by atoms with Crippen LogP contribution in [0.1, 0.15) is 11.7 Å². The van der Waals surface area contributed by atoms with Crippen molar-refractivity contribution >= 4 is 17.7 Å². The molecule has 0 saturated heterocycles. The van der Waals surface area contributed by atoms with Gasteiger partial charge in [0.25, 0.3) is 0 Å². The molecule has 8 heteroatoms. The molecule has 1 aromatic rings. The van der Waals surface area contributed by atoms with Crippen LogP contribution in [0.25, 0.3) is 0 Å². The van der Waals surface area contributed by atoms with Crippen LogP contribution in [0.2, 0.25) is 0 Å². The minimum atomic E-state index is -4.44. The van der Waals surface area contributed by atoms with Crippen LogP contribution in [0.15, 0.2) is 29.2 Å². The van der Waals surface area contributed by atoms with Crippen molar-refractivity contribution in [3.8, 4) is 0 Å². The zero-order valence-corrected chi connectivity index (χ0v) is 9.50. The number of thioether (sulfide) groups is 1. The molecule has 1 aromatic carbocycles. The van der Waals surface area contributed by atoms with Gasteiger partial charge in [-0.3, -0.25) is 0 Å². The number of aliphatic carboxylic acids is 1. The van der Waals surface area contributed by atoms with Crippen molar-refractivity contribution in [2.45, 2.75) is 22.7 Å². The molecule has 2 N–H and O–H groups in total. The Balaban J connectivity index is 2.80. The van der Waals surface area contributed by atoms with Gasteiger partial charge in [-0.25, -0.2) is 9.18 Å². The maximum atomic E-state index is 12.9. The Morgan fingerprint density at radius 1 is 1.22 bits per heavy atom.